The molecule has 0 radical (unpaired) electrons. The number of hydrogen-bond donors (Lipinski definition) is 0. The van der Waals surface area contributed by atoms with E-state index in [-0.39, 0.29) is 0 Å². The van der Waals surface area contributed by atoms with Gasteiger partial charge in [-0.05, 0) is 37.5 Å². The number of hydrogen-bond acceptors (Lipinski definition) is 3. The number of aromatic nitrogens is 2. The number of ether oxygens (including phenoxy) is 1. The lowest BCUT2D eigenvalue weighted by Gasteiger charge is -2.06. The molecule has 0 bridgehead atoms. The van der Waals surface area contributed by atoms with E-state index in [1.165, 1.54) is 5.56 Å². The van der Waals surface area contributed by atoms with Gasteiger partial charge < -0.3 is 4.74 Å². The predicted octanol–water partition coefficient (Wildman–Crippen LogP) is 2.68. The molecule has 1 aliphatic heterocycles. The molecule has 0 N–H and O–H groups in total. The summed E-state index contributed by atoms with van der Waals surface area (Å²) in [4.78, 5) is 8.55. The first-order chi connectivity index (χ1) is 7.83. The van der Waals surface area contributed by atoms with Gasteiger partial charge in [0.15, 0.2) is 0 Å². The van der Waals surface area contributed by atoms with E-state index in [0.29, 0.717) is 11.8 Å². The summed E-state index contributed by atoms with van der Waals surface area (Å²) in [6, 6.07) is 6.13. The van der Waals surface area contributed by atoms with Crippen LogP contribution in [0.5, 0.6) is 11.8 Å². The van der Waals surface area contributed by atoms with Crippen LogP contribution >= 0.6 is 0 Å². The number of nitrogens with zero attached hydrogens (tertiary/aromatic N) is 2. The Bertz CT molecular complexity index is 537. The molecule has 80 valence electrons. The van der Waals surface area contributed by atoms with Crippen LogP contribution in [0, 0.1) is 6.92 Å². The van der Waals surface area contributed by atoms with Crippen molar-refractivity contribution in [3.05, 3.63) is 47.3 Å². The van der Waals surface area contributed by atoms with Gasteiger partial charge in [-0.1, -0.05) is 6.07 Å². The van der Waals surface area contributed by atoms with Gasteiger partial charge in [0.25, 0.3) is 0 Å². The molecular formula is C13H12N2O. The molecule has 0 atom stereocenters. The Kier molecular flexibility index (Phi) is 2.10. The van der Waals surface area contributed by atoms with E-state index < -0.39 is 0 Å². The molecule has 0 amide bonds. The third kappa shape index (κ3) is 1.54. The fraction of sp³-hybridized carbons (Fsp3) is 0.231. The van der Waals surface area contributed by atoms with E-state index in [2.05, 4.69) is 22.1 Å². The maximum atomic E-state index is 5.74. The molecule has 3 nitrogen and oxygen atoms in total. The first-order valence-corrected chi connectivity index (χ1v) is 5.40. The van der Waals surface area contributed by atoms with Crippen molar-refractivity contribution < 1.29 is 4.74 Å². The van der Waals surface area contributed by atoms with Crippen molar-refractivity contribution in [3.63, 3.8) is 0 Å². The summed E-state index contributed by atoms with van der Waals surface area (Å²) >= 11 is 0. The van der Waals surface area contributed by atoms with Gasteiger partial charge in [-0.3, -0.25) is 0 Å². The normalized spacial score (nSPS) is 13.3. The molecule has 0 aromatic carbocycles. The Labute approximate surface area is 94.1 Å². The van der Waals surface area contributed by atoms with E-state index in [0.717, 1.165) is 24.0 Å². The van der Waals surface area contributed by atoms with Crippen molar-refractivity contribution in [2.45, 2.75) is 19.8 Å². The molecule has 0 saturated carbocycles. The summed E-state index contributed by atoms with van der Waals surface area (Å²) in [5.41, 5.74) is 3.48. The molecule has 2 aromatic heterocycles. The molecule has 3 heterocycles. The highest BCUT2D eigenvalue weighted by molar-refractivity contribution is 5.38. The number of fused-ring (bicyclic) bond motifs is 2. The largest absolute Gasteiger partial charge is 0.420 e. The molecular weight excluding hydrogens is 200 g/mol. The van der Waals surface area contributed by atoms with Crippen LogP contribution in [-0.2, 0) is 12.8 Å². The average Bonchev–Trinajstić information content (AvgIpc) is 2.48. The monoisotopic (exact) mass is 212 g/mol. The first kappa shape index (κ1) is 9.33. The lowest BCUT2D eigenvalue weighted by Crippen LogP contribution is -1.93. The fourth-order valence-electron chi connectivity index (χ4n) is 1.96. The molecule has 0 aliphatic carbocycles. The standard InChI is InChI=1S/C13H12N2O/c1-9-7-11-5-4-10-3-2-6-14-12(10)16-13(11)15-8-9/h2-3,6-8H,4-5H2,1H3. The zero-order valence-corrected chi connectivity index (χ0v) is 9.10. The molecule has 3 heteroatoms. The topological polar surface area (TPSA) is 35.0 Å². The van der Waals surface area contributed by atoms with Crippen molar-refractivity contribution in [1.29, 1.82) is 0 Å². The van der Waals surface area contributed by atoms with Gasteiger partial charge in [-0.15, -0.1) is 0 Å². The Morgan fingerprint density at radius 1 is 1.12 bits per heavy atom. The van der Waals surface area contributed by atoms with Crippen LogP contribution in [0.4, 0.5) is 0 Å². The van der Waals surface area contributed by atoms with E-state index in [4.69, 9.17) is 4.74 Å². The van der Waals surface area contributed by atoms with E-state index in [1.54, 1.807) is 6.20 Å². The third-order valence-electron chi connectivity index (χ3n) is 2.77. The van der Waals surface area contributed by atoms with Gasteiger partial charge in [0.1, 0.15) is 0 Å². The minimum atomic E-state index is 0.692. The lowest BCUT2D eigenvalue weighted by atomic mass is 10.1. The van der Waals surface area contributed by atoms with Gasteiger partial charge in [-0.25, -0.2) is 9.97 Å². The van der Waals surface area contributed by atoms with Crippen molar-refractivity contribution >= 4 is 0 Å². The minimum absolute atomic E-state index is 0.692. The fourth-order valence-corrected chi connectivity index (χ4v) is 1.96. The third-order valence-corrected chi connectivity index (χ3v) is 2.77. The number of pyridine rings is 2. The molecule has 16 heavy (non-hydrogen) atoms. The Morgan fingerprint density at radius 3 is 2.88 bits per heavy atom. The molecule has 2 aromatic rings. The molecule has 0 spiro atoms. The number of aryl methyl sites for hydroxylation is 3. The predicted molar refractivity (Wildman–Crippen MR) is 60.7 cm³/mol. The summed E-state index contributed by atoms with van der Waals surface area (Å²) in [6.07, 6.45) is 5.49. The highest BCUT2D eigenvalue weighted by Gasteiger charge is 2.16. The summed E-state index contributed by atoms with van der Waals surface area (Å²) in [5.74, 6) is 1.39. The van der Waals surface area contributed by atoms with Gasteiger partial charge in [-0.2, -0.15) is 0 Å². The Hall–Kier alpha value is -1.90. The van der Waals surface area contributed by atoms with E-state index in [1.807, 2.05) is 19.2 Å². The molecule has 0 fully saturated rings. The van der Waals surface area contributed by atoms with Crippen molar-refractivity contribution in [1.82, 2.24) is 9.97 Å². The molecule has 1 aliphatic rings. The summed E-state index contributed by atoms with van der Waals surface area (Å²) < 4.78 is 5.74. The van der Waals surface area contributed by atoms with Gasteiger partial charge >= 0.3 is 0 Å². The van der Waals surface area contributed by atoms with Crippen LogP contribution in [0.1, 0.15) is 16.7 Å². The Morgan fingerprint density at radius 2 is 1.94 bits per heavy atom. The zero-order valence-electron chi connectivity index (χ0n) is 9.10. The number of rotatable bonds is 0. The van der Waals surface area contributed by atoms with Crippen LogP contribution in [0.2, 0.25) is 0 Å². The second kappa shape index (κ2) is 3.59. The first-order valence-electron chi connectivity index (χ1n) is 5.40. The quantitative estimate of drug-likeness (QED) is 0.673. The van der Waals surface area contributed by atoms with Gasteiger partial charge in [0.2, 0.25) is 11.8 Å². The Balaban J connectivity index is 2.08. The van der Waals surface area contributed by atoms with Crippen LogP contribution in [0.25, 0.3) is 0 Å². The molecule has 0 saturated heterocycles. The molecule has 3 rings (SSSR count). The van der Waals surface area contributed by atoms with Crippen molar-refractivity contribution in [2.75, 3.05) is 0 Å². The van der Waals surface area contributed by atoms with E-state index in [9.17, 15) is 0 Å². The highest BCUT2D eigenvalue weighted by Crippen LogP contribution is 2.30. The van der Waals surface area contributed by atoms with Crippen molar-refractivity contribution in [3.8, 4) is 11.8 Å². The van der Waals surface area contributed by atoms with E-state index >= 15 is 0 Å². The SMILES string of the molecule is Cc1cnc2c(c1)CCc1cccnc1O2. The zero-order chi connectivity index (χ0) is 11.0. The second-order valence-electron chi connectivity index (χ2n) is 4.05. The van der Waals surface area contributed by atoms with Crippen LogP contribution in [-0.4, -0.2) is 9.97 Å². The van der Waals surface area contributed by atoms with Gasteiger partial charge in [0.05, 0.1) is 0 Å². The maximum Gasteiger partial charge on any atom is 0.224 e. The summed E-state index contributed by atoms with van der Waals surface area (Å²) in [7, 11) is 0. The average molecular weight is 212 g/mol. The van der Waals surface area contributed by atoms with Crippen LogP contribution in [0.3, 0.4) is 0 Å². The minimum Gasteiger partial charge on any atom is -0.420 e. The highest BCUT2D eigenvalue weighted by atomic mass is 16.5. The lowest BCUT2D eigenvalue weighted by molar-refractivity contribution is 0.441. The summed E-state index contributed by atoms with van der Waals surface area (Å²) in [5, 5.41) is 0. The van der Waals surface area contributed by atoms with Crippen LogP contribution in [0.15, 0.2) is 30.6 Å². The summed E-state index contributed by atoms with van der Waals surface area (Å²) in [6.45, 7) is 2.05. The molecule has 0 unspecified atom stereocenters. The smallest absolute Gasteiger partial charge is 0.224 e. The second-order valence-corrected chi connectivity index (χ2v) is 4.05. The van der Waals surface area contributed by atoms with Crippen LogP contribution < -0.4 is 4.74 Å². The van der Waals surface area contributed by atoms with Gasteiger partial charge in [0, 0.05) is 23.5 Å². The van der Waals surface area contributed by atoms with Crippen molar-refractivity contribution in [2.24, 2.45) is 0 Å². The maximum absolute atomic E-state index is 5.74.